The molecule has 0 aliphatic heterocycles. The topological polar surface area (TPSA) is 20.2 Å². The van der Waals surface area contributed by atoms with Gasteiger partial charge in [-0.15, -0.1) is 0 Å². The van der Waals surface area contributed by atoms with Gasteiger partial charge < -0.3 is 5.11 Å². The van der Waals surface area contributed by atoms with Gasteiger partial charge in [0.1, 0.15) is 0 Å². The van der Waals surface area contributed by atoms with Gasteiger partial charge in [0, 0.05) is 12.5 Å². The molecule has 0 aromatic heterocycles. The van der Waals surface area contributed by atoms with Crippen LogP contribution in [0.3, 0.4) is 0 Å². The van der Waals surface area contributed by atoms with Crippen molar-refractivity contribution in [2.24, 2.45) is 0 Å². The Balaban J connectivity index is 2.77. The monoisotopic (exact) mass is 137 g/mol. The molecule has 0 aliphatic carbocycles. The Morgan fingerprint density at radius 3 is 2.60 bits per heavy atom. The Bertz CT molecular complexity index is 208. The summed E-state index contributed by atoms with van der Waals surface area (Å²) in [5, 5.41) is 8.94. The molecular formula is C9H12O. The van der Waals surface area contributed by atoms with Crippen molar-refractivity contribution in [3.63, 3.8) is 0 Å². The lowest BCUT2D eigenvalue weighted by Gasteiger charge is -2.05. The SMILES string of the molecule is [2H][C@H](O)[C@@H](C)c1ccccc1. The van der Waals surface area contributed by atoms with Crippen LogP contribution in [0.2, 0.25) is 0 Å². The molecule has 2 atom stereocenters. The van der Waals surface area contributed by atoms with Crippen molar-refractivity contribution >= 4 is 0 Å². The van der Waals surface area contributed by atoms with Crippen LogP contribution in [0.15, 0.2) is 30.3 Å². The van der Waals surface area contributed by atoms with Crippen LogP contribution in [0.4, 0.5) is 0 Å². The Labute approximate surface area is 62.7 Å². The maximum atomic E-state index is 8.94. The zero-order valence-electron chi connectivity index (χ0n) is 6.99. The standard InChI is InChI=1S/C9H12O/c1-8(7-10)9-5-3-2-4-6-9/h2-6,8,10H,7H2,1H3/t8-/m1/s1/i7D/t7-,8+/m0. The van der Waals surface area contributed by atoms with Gasteiger partial charge in [-0.1, -0.05) is 37.3 Å². The summed E-state index contributed by atoms with van der Waals surface area (Å²) in [5.74, 6) is -0.101. The van der Waals surface area contributed by atoms with Crippen LogP contribution < -0.4 is 0 Å². The number of benzene rings is 1. The van der Waals surface area contributed by atoms with Gasteiger partial charge in [-0.05, 0) is 5.56 Å². The van der Waals surface area contributed by atoms with E-state index < -0.39 is 6.58 Å². The minimum absolute atomic E-state index is 0.101. The van der Waals surface area contributed by atoms with Gasteiger partial charge in [0.25, 0.3) is 0 Å². The molecule has 0 amide bonds. The van der Waals surface area contributed by atoms with Crippen LogP contribution in [0.5, 0.6) is 0 Å². The van der Waals surface area contributed by atoms with Crippen LogP contribution in [-0.2, 0) is 0 Å². The van der Waals surface area contributed by atoms with E-state index in [1.807, 2.05) is 37.3 Å². The molecule has 0 unspecified atom stereocenters. The molecule has 1 aromatic carbocycles. The quantitative estimate of drug-likeness (QED) is 0.658. The molecule has 0 saturated heterocycles. The maximum Gasteiger partial charge on any atom is 0.0570 e. The second-order valence-electron chi connectivity index (χ2n) is 2.35. The number of rotatable bonds is 2. The zero-order chi connectivity index (χ0) is 8.27. The Morgan fingerprint density at radius 1 is 1.50 bits per heavy atom. The summed E-state index contributed by atoms with van der Waals surface area (Å²) in [6.45, 7) is 0.824. The first-order valence-electron chi connectivity index (χ1n) is 3.95. The third-order valence-electron chi connectivity index (χ3n) is 1.55. The minimum atomic E-state index is -1.02. The number of aliphatic hydroxyl groups excluding tert-OH is 1. The van der Waals surface area contributed by atoms with E-state index >= 15 is 0 Å². The molecule has 0 spiro atoms. The fourth-order valence-electron chi connectivity index (χ4n) is 0.843. The largest absolute Gasteiger partial charge is 0.396 e. The highest BCUT2D eigenvalue weighted by Crippen LogP contribution is 2.12. The highest BCUT2D eigenvalue weighted by Gasteiger charge is 2.00. The molecule has 0 bridgehead atoms. The van der Waals surface area contributed by atoms with Gasteiger partial charge in [0.15, 0.2) is 0 Å². The van der Waals surface area contributed by atoms with E-state index in [9.17, 15) is 0 Å². The van der Waals surface area contributed by atoms with Crippen LogP contribution in [0.25, 0.3) is 0 Å². The van der Waals surface area contributed by atoms with Crippen molar-refractivity contribution in [2.75, 3.05) is 6.58 Å². The molecule has 1 rings (SSSR count). The normalized spacial score (nSPS) is 17.6. The van der Waals surface area contributed by atoms with E-state index in [0.29, 0.717) is 0 Å². The van der Waals surface area contributed by atoms with Crippen molar-refractivity contribution in [2.45, 2.75) is 12.8 Å². The van der Waals surface area contributed by atoms with Gasteiger partial charge in [0.2, 0.25) is 0 Å². The van der Waals surface area contributed by atoms with Crippen LogP contribution in [0.1, 0.15) is 19.8 Å². The molecule has 1 N–H and O–H groups in total. The zero-order valence-corrected chi connectivity index (χ0v) is 5.99. The number of hydrogen-bond acceptors (Lipinski definition) is 1. The van der Waals surface area contributed by atoms with E-state index in [2.05, 4.69) is 0 Å². The van der Waals surface area contributed by atoms with Crippen molar-refractivity contribution in [3.8, 4) is 0 Å². The molecular weight excluding hydrogens is 124 g/mol. The predicted molar refractivity (Wildman–Crippen MR) is 41.9 cm³/mol. The lowest BCUT2D eigenvalue weighted by molar-refractivity contribution is 0.273. The van der Waals surface area contributed by atoms with E-state index in [4.69, 9.17) is 6.48 Å². The van der Waals surface area contributed by atoms with Gasteiger partial charge in [-0.2, -0.15) is 0 Å². The lowest BCUT2D eigenvalue weighted by atomic mass is 10.0. The summed E-state index contributed by atoms with van der Waals surface area (Å²) in [7, 11) is 0. The molecule has 0 heterocycles. The Kier molecular flexibility index (Phi) is 2.00. The van der Waals surface area contributed by atoms with Gasteiger partial charge in [-0.25, -0.2) is 0 Å². The molecule has 1 heteroatoms. The number of aliphatic hydroxyl groups is 1. The molecule has 1 aromatic rings. The van der Waals surface area contributed by atoms with E-state index in [1.54, 1.807) is 0 Å². The van der Waals surface area contributed by atoms with E-state index in [1.165, 1.54) is 0 Å². The highest BCUT2D eigenvalue weighted by molar-refractivity contribution is 5.18. The molecule has 0 aliphatic rings. The van der Waals surface area contributed by atoms with Crippen LogP contribution >= 0.6 is 0 Å². The molecule has 0 radical (unpaired) electrons. The van der Waals surface area contributed by atoms with Crippen molar-refractivity contribution in [1.82, 2.24) is 0 Å². The minimum Gasteiger partial charge on any atom is -0.396 e. The smallest absolute Gasteiger partial charge is 0.0570 e. The van der Waals surface area contributed by atoms with E-state index in [-0.39, 0.29) is 5.92 Å². The fourth-order valence-corrected chi connectivity index (χ4v) is 0.843. The fraction of sp³-hybridized carbons (Fsp3) is 0.333. The summed E-state index contributed by atoms with van der Waals surface area (Å²) >= 11 is 0. The second-order valence-corrected chi connectivity index (χ2v) is 2.35. The maximum absolute atomic E-state index is 8.94. The third kappa shape index (κ3) is 1.58. The number of hydrogen-bond donors (Lipinski definition) is 1. The first kappa shape index (κ1) is 5.93. The summed E-state index contributed by atoms with van der Waals surface area (Å²) in [6, 6.07) is 9.58. The first-order chi connectivity index (χ1) is 5.22. The van der Waals surface area contributed by atoms with Crippen LogP contribution in [-0.4, -0.2) is 11.7 Å². The molecule has 54 valence electrons. The van der Waals surface area contributed by atoms with Gasteiger partial charge in [0.05, 0.1) is 1.37 Å². The first-order valence-corrected chi connectivity index (χ1v) is 3.37. The van der Waals surface area contributed by atoms with Gasteiger partial charge in [-0.3, -0.25) is 0 Å². The van der Waals surface area contributed by atoms with Crippen LogP contribution in [0, 0.1) is 0 Å². The average molecular weight is 137 g/mol. The Morgan fingerprint density at radius 2 is 2.10 bits per heavy atom. The van der Waals surface area contributed by atoms with E-state index in [0.717, 1.165) is 5.56 Å². The van der Waals surface area contributed by atoms with Crippen molar-refractivity contribution < 1.29 is 6.48 Å². The summed E-state index contributed by atoms with van der Waals surface area (Å²) in [6.07, 6.45) is 0. The summed E-state index contributed by atoms with van der Waals surface area (Å²) < 4.78 is 7.08. The summed E-state index contributed by atoms with van der Waals surface area (Å²) in [5.41, 5.74) is 1.01. The molecule has 0 fully saturated rings. The lowest BCUT2D eigenvalue weighted by Crippen LogP contribution is -1.97. The molecule has 0 saturated carbocycles. The predicted octanol–water partition coefficient (Wildman–Crippen LogP) is 1.78. The molecule has 10 heavy (non-hydrogen) atoms. The third-order valence-corrected chi connectivity index (χ3v) is 1.55. The van der Waals surface area contributed by atoms with Crippen molar-refractivity contribution in [1.29, 1.82) is 0 Å². The summed E-state index contributed by atoms with van der Waals surface area (Å²) in [4.78, 5) is 0. The second kappa shape index (κ2) is 3.37. The van der Waals surface area contributed by atoms with Gasteiger partial charge >= 0.3 is 0 Å². The highest BCUT2D eigenvalue weighted by atomic mass is 16.3. The Hall–Kier alpha value is -0.820. The molecule has 1 nitrogen and oxygen atoms in total. The average Bonchev–Trinajstić information content (AvgIpc) is 2.05. The van der Waals surface area contributed by atoms with Crippen molar-refractivity contribution in [3.05, 3.63) is 35.9 Å².